The minimum absolute atomic E-state index is 0.0979. The Balaban J connectivity index is 1.66. The minimum atomic E-state index is -0.0979. The van der Waals surface area contributed by atoms with Crippen LogP contribution in [0.2, 0.25) is 0 Å². The molecule has 0 unspecified atom stereocenters. The SMILES string of the molecule is C[C@H]([NH2+][C@@H](c1ccccc1)c1cccs1)C(=O)NC1CCCCC1. The Morgan fingerprint density at radius 3 is 2.54 bits per heavy atom. The molecule has 2 aromatic rings. The summed E-state index contributed by atoms with van der Waals surface area (Å²) in [6, 6.07) is 15.2. The monoisotopic (exact) mass is 343 g/mol. The molecule has 3 nitrogen and oxygen atoms in total. The first-order chi connectivity index (χ1) is 11.7. The van der Waals surface area contributed by atoms with E-state index in [1.165, 1.54) is 29.7 Å². The maximum atomic E-state index is 12.6. The lowest BCUT2D eigenvalue weighted by atomic mass is 9.95. The second-order valence-corrected chi connectivity index (χ2v) is 7.71. The molecule has 0 spiro atoms. The van der Waals surface area contributed by atoms with E-state index >= 15 is 0 Å². The standard InChI is InChI=1S/C20H26N2OS/c1-15(20(23)22-17-11-6-3-7-12-17)21-19(18-13-8-14-24-18)16-9-4-2-5-10-16/h2,4-5,8-10,13-15,17,19,21H,3,6-7,11-12H2,1H3,(H,22,23)/p+1/t15-,19-/m0/s1. The number of benzene rings is 1. The Labute approximate surface area is 148 Å². The van der Waals surface area contributed by atoms with Crippen molar-refractivity contribution in [3.8, 4) is 0 Å². The van der Waals surface area contributed by atoms with E-state index in [0.717, 1.165) is 12.8 Å². The summed E-state index contributed by atoms with van der Waals surface area (Å²) in [4.78, 5) is 13.9. The first kappa shape index (κ1) is 17.2. The molecule has 24 heavy (non-hydrogen) atoms. The van der Waals surface area contributed by atoms with Gasteiger partial charge in [0.2, 0.25) is 0 Å². The summed E-state index contributed by atoms with van der Waals surface area (Å²) < 4.78 is 0. The van der Waals surface area contributed by atoms with Gasteiger partial charge in [0.25, 0.3) is 5.91 Å². The molecule has 2 atom stereocenters. The highest BCUT2D eigenvalue weighted by molar-refractivity contribution is 7.10. The molecule has 1 aliphatic rings. The van der Waals surface area contributed by atoms with Gasteiger partial charge in [-0.2, -0.15) is 0 Å². The molecule has 4 heteroatoms. The Hall–Kier alpha value is -1.65. The van der Waals surface area contributed by atoms with Gasteiger partial charge in [-0.05, 0) is 31.2 Å². The molecule has 1 heterocycles. The first-order valence-corrected chi connectivity index (χ1v) is 9.85. The maximum Gasteiger partial charge on any atom is 0.278 e. The fourth-order valence-electron chi connectivity index (χ4n) is 3.45. The molecule has 3 rings (SSSR count). The van der Waals surface area contributed by atoms with E-state index in [4.69, 9.17) is 0 Å². The van der Waals surface area contributed by atoms with Gasteiger partial charge in [0, 0.05) is 11.6 Å². The number of carbonyl (C=O) groups is 1. The van der Waals surface area contributed by atoms with Crippen molar-refractivity contribution in [2.75, 3.05) is 0 Å². The number of carbonyl (C=O) groups excluding carboxylic acids is 1. The highest BCUT2D eigenvalue weighted by Crippen LogP contribution is 2.23. The number of nitrogens with one attached hydrogen (secondary N) is 1. The zero-order chi connectivity index (χ0) is 16.8. The average molecular weight is 344 g/mol. The van der Waals surface area contributed by atoms with Crippen molar-refractivity contribution in [1.29, 1.82) is 0 Å². The van der Waals surface area contributed by atoms with E-state index in [-0.39, 0.29) is 18.0 Å². The molecular formula is C20H27N2OS+. The average Bonchev–Trinajstić information content (AvgIpc) is 3.15. The summed E-state index contributed by atoms with van der Waals surface area (Å²) in [5.74, 6) is 0.166. The molecule has 1 aliphatic carbocycles. The molecule has 0 aliphatic heterocycles. The van der Waals surface area contributed by atoms with Gasteiger partial charge in [-0.1, -0.05) is 55.7 Å². The number of hydrogen-bond acceptors (Lipinski definition) is 2. The third-order valence-electron chi connectivity index (χ3n) is 4.85. The zero-order valence-electron chi connectivity index (χ0n) is 14.3. The van der Waals surface area contributed by atoms with Gasteiger partial charge in [-0.3, -0.25) is 4.79 Å². The Bertz CT molecular complexity index is 620. The summed E-state index contributed by atoms with van der Waals surface area (Å²) in [6.07, 6.45) is 6.05. The topological polar surface area (TPSA) is 45.7 Å². The first-order valence-electron chi connectivity index (χ1n) is 8.98. The van der Waals surface area contributed by atoms with Gasteiger partial charge in [-0.25, -0.2) is 0 Å². The molecule has 1 amide bonds. The van der Waals surface area contributed by atoms with Crippen LogP contribution in [-0.4, -0.2) is 18.0 Å². The Morgan fingerprint density at radius 1 is 1.12 bits per heavy atom. The molecular weight excluding hydrogens is 316 g/mol. The van der Waals surface area contributed by atoms with Gasteiger partial charge in [0.05, 0.1) is 4.88 Å². The van der Waals surface area contributed by atoms with Gasteiger partial charge in [0.15, 0.2) is 6.04 Å². The Kier molecular flexibility index (Phi) is 6.05. The number of rotatable bonds is 6. The lowest BCUT2D eigenvalue weighted by Gasteiger charge is -2.25. The van der Waals surface area contributed by atoms with Gasteiger partial charge >= 0.3 is 0 Å². The fourth-order valence-corrected chi connectivity index (χ4v) is 4.29. The normalized spacial score (nSPS) is 18.0. The van der Waals surface area contributed by atoms with E-state index in [1.54, 1.807) is 11.3 Å². The predicted octanol–water partition coefficient (Wildman–Crippen LogP) is 3.24. The number of quaternary nitrogens is 1. The van der Waals surface area contributed by atoms with Crippen molar-refractivity contribution >= 4 is 17.2 Å². The summed E-state index contributed by atoms with van der Waals surface area (Å²) in [7, 11) is 0. The van der Waals surface area contributed by atoms with E-state index in [2.05, 4.69) is 52.4 Å². The number of hydrogen-bond donors (Lipinski definition) is 2. The van der Waals surface area contributed by atoms with Gasteiger partial charge in [0.1, 0.15) is 6.04 Å². The third kappa shape index (κ3) is 4.46. The molecule has 128 valence electrons. The molecule has 0 radical (unpaired) electrons. The highest BCUT2D eigenvalue weighted by Gasteiger charge is 2.27. The summed E-state index contributed by atoms with van der Waals surface area (Å²) >= 11 is 1.75. The largest absolute Gasteiger partial charge is 0.348 e. The van der Waals surface area contributed by atoms with Gasteiger partial charge in [-0.15, -0.1) is 11.3 Å². The molecule has 1 aromatic heterocycles. The lowest BCUT2D eigenvalue weighted by molar-refractivity contribution is -0.704. The second-order valence-electron chi connectivity index (χ2n) is 6.73. The van der Waals surface area contributed by atoms with Crippen molar-refractivity contribution in [2.24, 2.45) is 0 Å². The molecule has 1 aromatic carbocycles. The summed E-state index contributed by atoms with van der Waals surface area (Å²) in [5.41, 5.74) is 1.25. The summed E-state index contributed by atoms with van der Waals surface area (Å²) in [5, 5.41) is 7.55. The Morgan fingerprint density at radius 2 is 1.88 bits per heavy atom. The molecule has 0 bridgehead atoms. The van der Waals surface area contributed by atoms with Crippen LogP contribution in [0, 0.1) is 0 Å². The smallest absolute Gasteiger partial charge is 0.278 e. The van der Waals surface area contributed by atoms with Crippen LogP contribution in [0.15, 0.2) is 47.8 Å². The fraction of sp³-hybridized carbons (Fsp3) is 0.450. The van der Waals surface area contributed by atoms with E-state index in [9.17, 15) is 4.79 Å². The lowest BCUT2D eigenvalue weighted by Crippen LogP contribution is -2.92. The number of amides is 1. The van der Waals surface area contributed by atoms with E-state index < -0.39 is 0 Å². The number of thiophene rings is 1. The predicted molar refractivity (Wildman–Crippen MR) is 99.0 cm³/mol. The van der Waals surface area contributed by atoms with Crippen LogP contribution >= 0.6 is 11.3 Å². The highest BCUT2D eigenvalue weighted by atomic mass is 32.1. The molecule has 1 fully saturated rings. The number of nitrogens with two attached hydrogens (primary N) is 1. The van der Waals surface area contributed by atoms with Crippen molar-refractivity contribution in [1.82, 2.24) is 5.32 Å². The maximum absolute atomic E-state index is 12.6. The minimum Gasteiger partial charge on any atom is -0.348 e. The van der Waals surface area contributed by atoms with Crippen LogP contribution in [0.25, 0.3) is 0 Å². The van der Waals surface area contributed by atoms with Gasteiger partial charge < -0.3 is 10.6 Å². The quantitative estimate of drug-likeness (QED) is 0.831. The van der Waals surface area contributed by atoms with Crippen LogP contribution in [0.5, 0.6) is 0 Å². The van der Waals surface area contributed by atoms with Crippen LogP contribution in [0.4, 0.5) is 0 Å². The molecule has 1 saturated carbocycles. The van der Waals surface area contributed by atoms with Crippen LogP contribution in [-0.2, 0) is 4.79 Å². The van der Waals surface area contributed by atoms with E-state index in [1.807, 2.05) is 13.0 Å². The summed E-state index contributed by atoms with van der Waals surface area (Å²) in [6.45, 7) is 2.02. The van der Waals surface area contributed by atoms with Crippen molar-refractivity contribution in [2.45, 2.75) is 57.2 Å². The van der Waals surface area contributed by atoms with E-state index in [0.29, 0.717) is 6.04 Å². The third-order valence-corrected chi connectivity index (χ3v) is 5.81. The van der Waals surface area contributed by atoms with Crippen LogP contribution < -0.4 is 10.6 Å². The van der Waals surface area contributed by atoms with Crippen molar-refractivity contribution in [3.05, 3.63) is 58.3 Å². The van der Waals surface area contributed by atoms with Crippen LogP contribution in [0.3, 0.4) is 0 Å². The zero-order valence-corrected chi connectivity index (χ0v) is 15.1. The second kappa shape index (κ2) is 8.45. The van der Waals surface area contributed by atoms with Crippen molar-refractivity contribution in [3.63, 3.8) is 0 Å². The molecule has 3 N–H and O–H groups in total. The molecule has 0 saturated heterocycles. The van der Waals surface area contributed by atoms with Crippen molar-refractivity contribution < 1.29 is 10.1 Å². The van der Waals surface area contributed by atoms with Crippen LogP contribution in [0.1, 0.15) is 55.5 Å².